The summed E-state index contributed by atoms with van der Waals surface area (Å²) in [6.07, 6.45) is 6.52. The number of likely N-dealkylation sites (N-methyl/N-ethyl adjacent to an activating group) is 1. The molecule has 0 spiro atoms. The summed E-state index contributed by atoms with van der Waals surface area (Å²) in [4.78, 5) is 13.9. The Hall–Kier alpha value is -1.87. The lowest BCUT2D eigenvalue weighted by atomic mass is 10.0. The maximum atomic E-state index is 12.3. The smallest absolute Gasteiger partial charge is 0.257 e. The van der Waals surface area contributed by atoms with Gasteiger partial charge in [-0.2, -0.15) is 0 Å². The minimum Gasteiger partial charge on any atom is -0.377 e. The van der Waals surface area contributed by atoms with Crippen LogP contribution < -0.4 is 4.90 Å². The highest BCUT2D eigenvalue weighted by Gasteiger charge is 2.17. The average Bonchev–Trinajstić information content (AvgIpc) is 2.47. The first kappa shape index (κ1) is 12.6. The van der Waals surface area contributed by atoms with E-state index in [1.54, 1.807) is 19.1 Å². The van der Waals surface area contributed by atoms with Gasteiger partial charge in [-0.25, -0.2) is 0 Å². The molecular formula is C15H17NO2. The van der Waals surface area contributed by atoms with Crippen LogP contribution in [0.25, 0.3) is 0 Å². The SMILES string of the molecule is COC1C=CC(C(=O)N(C)c2ccccc2)=CC1. The Morgan fingerprint density at radius 1 is 1.33 bits per heavy atom. The number of para-hydroxylation sites is 1. The van der Waals surface area contributed by atoms with Crippen molar-refractivity contribution < 1.29 is 9.53 Å². The van der Waals surface area contributed by atoms with E-state index in [1.165, 1.54) is 0 Å². The third kappa shape index (κ3) is 2.68. The fraction of sp³-hybridized carbons (Fsp3) is 0.267. The summed E-state index contributed by atoms with van der Waals surface area (Å²) in [6, 6.07) is 9.62. The minimum atomic E-state index is 0.00648. The predicted molar refractivity (Wildman–Crippen MR) is 72.5 cm³/mol. The zero-order chi connectivity index (χ0) is 13.0. The molecule has 0 radical (unpaired) electrons. The van der Waals surface area contributed by atoms with E-state index in [0.717, 1.165) is 17.7 Å². The maximum absolute atomic E-state index is 12.3. The first-order valence-electron chi connectivity index (χ1n) is 5.96. The van der Waals surface area contributed by atoms with E-state index in [1.807, 2.05) is 48.6 Å². The van der Waals surface area contributed by atoms with E-state index in [0.29, 0.717) is 0 Å². The summed E-state index contributed by atoms with van der Waals surface area (Å²) in [7, 11) is 3.46. The van der Waals surface area contributed by atoms with Gasteiger partial charge in [-0.3, -0.25) is 4.79 Å². The van der Waals surface area contributed by atoms with Gasteiger partial charge in [-0.15, -0.1) is 0 Å². The number of rotatable bonds is 3. The Morgan fingerprint density at radius 2 is 2.06 bits per heavy atom. The van der Waals surface area contributed by atoms with Gasteiger partial charge in [0.25, 0.3) is 5.91 Å². The van der Waals surface area contributed by atoms with Crippen molar-refractivity contribution in [2.24, 2.45) is 0 Å². The van der Waals surface area contributed by atoms with Gasteiger partial charge in [0.1, 0.15) is 0 Å². The molecule has 0 aromatic heterocycles. The molecule has 94 valence electrons. The van der Waals surface area contributed by atoms with Crippen molar-refractivity contribution in [3.63, 3.8) is 0 Å². The quantitative estimate of drug-likeness (QED) is 0.816. The Kier molecular flexibility index (Phi) is 3.95. The molecule has 0 heterocycles. The van der Waals surface area contributed by atoms with Gasteiger partial charge in [0, 0.05) is 25.4 Å². The number of amides is 1. The lowest BCUT2D eigenvalue weighted by molar-refractivity contribution is -0.114. The fourth-order valence-electron chi connectivity index (χ4n) is 1.90. The van der Waals surface area contributed by atoms with Crippen molar-refractivity contribution >= 4 is 11.6 Å². The Morgan fingerprint density at radius 3 is 2.61 bits per heavy atom. The van der Waals surface area contributed by atoms with Crippen LogP contribution in [0.3, 0.4) is 0 Å². The van der Waals surface area contributed by atoms with E-state index in [9.17, 15) is 4.79 Å². The van der Waals surface area contributed by atoms with E-state index >= 15 is 0 Å². The topological polar surface area (TPSA) is 29.5 Å². The lowest BCUT2D eigenvalue weighted by Crippen LogP contribution is -2.28. The molecule has 1 aromatic rings. The molecule has 0 aliphatic heterocycles. The summed E-state index contributed by atoms with van der Waals surface area (Å²) in [5.41, 5.74) is 1.61. The molecule has 1 amide bonds. The largest absolute Gasteiger partial charge is 0.377 e. The monoisotopic (exact) mass is 243 g/mol. The molecule has 1 atom stereocenters. The predicted octanol–water partition coefficient (Wildman–Crippen LogP) is 2.55. The molecule has 1 unspecified atom stereocenters. The van der Waals surface area contributed by atoms with Crippen LogP contribution in [0.4, 0.5) is 5.69 Å². The third-order valence-electron chi connectivity index (χ3n) is 3.06. The normalized spacial score (nSPS) is 18.3. The Bertz CT molecular complexity index is 477. The minimum absolute atomic E-state index is 0.00648. The van der Waals surface area contributed by atoms with Crippen LogP contribution >= 0.6 is 0 Å². The molecule has 0 N–H and O–H groups in total. The van der Waals surface area contributed by atoms with E-state index in [-0.39, 0.29) is 12.0 Å². The second kappa shape index (κ2) is 5.65. The number of hydrogen-bond donors (Lipinski definition) is 0. The van der Waals surface area contributed by atoms with Gasteiger partial charge in [0.2, 0.25) is 0 Å². The number of carbonyl (C=O) groups is 1. The van der Waals surface area contributed by atoms with Crippen LogP contribution in [-0.4, -0.2) is 26.2 Å². The molecule has 0 fully saturated rings. The molecule has 2 rings (SSSR count). The molecule has 0 bridgehead atoms. The van der Waals surface area contributed by atoms with Gasteiger partial charge < -0.3 is 9.64 Å². The summed E-state index contributed by atoms with van der Waals surface area (Å²) in [5, 5.41) is 0. The van der Waals surface area contributed by atoms with Crippen LogP contribution in [0, 0.1) is 0 Å². The second-order valence-corrected chi connectivity index (χ2v) is 4.23. The van der Waals surface area contributed by atoms with Crippen LogP contribution in [0.15, 0.2) is 54.1 Å². The van der Waals surface area contributed by atoms with Crippen LogP contribution in [0.2, 0.25) is 0 Å². The van der Waals surface area contributed by atoms with Gasteiger partial charge in [-0.05, 0) is 18.6 Å². The second-order valence-electron chi connectivity index (χ2n) is 4.23. The highest BCUT2D eigenvalue weighted by Crippen LogP contribution is 2.18. The molecule has 3 heteroatoms. The molecule has 1 aliphatic rings. The number of anilines is 1. The number of hydrogen-bond acceptors (Lipinski definition) is 2. The summed E-state index contributed by atoms with van der Waals surface area (Å²) < 4.78 is 5.21. The molecule has 1 aromatic carbocycles. The van der Waals surface area contributed by atoms with Gasteiger partial charge in [0.15, 0.2) is 0 Å². The van der Waals surface area contributed by atoms with Crippen LogP contribution in [0.1, 0.15) is 6.42 Å². The molecule has 1 aliphatic carbocycles. The highest BCUT2D eigenvalue weighted by molar-refractivity contribution is 6.07. The maximum Gasteiger partial charge on any atom is 0.257 e. The van der Waals surface area contributed by atoms with Crippen molar-refractivity contribution in [1.82, 2.24) is 0 Å². The van der Waals surface area contributed by atoms with Crippen molar-refractivity contribution in [2.75, 3.05) is 19.1 Å². The molecule has 0 saturated heterocycles. The standard InChI is InChI=1S/C15H17NO2/c1-16(13-6-4-3-5-7-13)15(17)12-8-10-14(18-2)11-9-12/h3-10,14H,11H2,1-2H3. The van der Waals surface area contributed by atoms with Gasteiger partial charge in [-0.1, -0.05) is 36.4 Å². The van der Waals surface area contributed by atoms with Crippen molar-refractivity contribution in [3.05, 3.63) is 54.1 Å². The summed E-state index contributed by atoms with van der Waals surface area (Å²) >= 11 is 0. The number of methoxy groups -OCH3 is 1. The number of carbonyl (C=O) groups excluding carboxylic acids is 1. The van der Waals surface area contributed by atoms with Gasteiger partial charge in [0.05, 0.1) is 6.10 Å². The Labute approximate surface area is 107 Å². The lowest BCUT2D eigenvalue weighted by Gasteiger charge is -2.20. The van der Waals surface area contributed by atoms with Crippen molar-refractivity contribution in [3.8, 4) is 0 Å². The first-order chi connectivity index (χ1) is 8.72. The highest BCUT2D eigenvalue weighted by atomic mass is 16.5. The first-order valence-corrected chi connectivity index (χ1v) is 5.96. The van der Waals surface area contributed by atoms with E-state index in [2.05, 4.69) is 0 Å². The summed E-state index contributed by atoms with van der Waals surface area (Å²) in [6.45, 7) is 0. The Balaban J connectivity index is 2.09. The molecular weight excluding hydrogens is 226 g/mol. The van der Waals surface area contributed by atoms with E-state index in [4.69, 9.17) is 4.74 Å². The zero-order valence-electron chi connectivity index (χ0n) is 10.7. The van der Waals surface area contributed by atoms with Crippen LogP contribution in [0.5, 0.6) is 0 Å². The van der Waals surface area contributed by atoms with Gasteiger partial charge >= 0.3 is 0 Å². The van der Waals surface area contributed by atoms with Crippen molar-refractivity contribution in [1.29, 1.82) is 0 Å². The number of benzene rings is 1. The number of ether oxygens (including phenoxy) is 1. The molecule has 18 heavy (non-hydrogen) atoms. The molecule has 0 saturated carbocycles. The van der Waals surface area contributed by atoms with E-state index < -0.39 is 0 Å². The fourth-order valence-corrected chi connectivity index (χ4v) is 1.90. The third-order valence-corrected chi connectivity index (χ3v) is 3.06. The zero-order valence-corrected chi connectivity index (χ0v) is 10.7. The summed E-state index contributed by atoms with van der Waals surface area (Å²) in [5.74, 6) is 0.00648. The number of nitrogens with zero attached hydrogens (tertiary/aromatic N) is 1. The van der Waals surface area contributed by atoms with Crippen LogP contribution in [-0.2, 0) is 9.53 Å². The average molecular weight is 243 g/mol. The van der Waals surface area contributed by atoms with Crippen molar-refractivity contribution in [2.45, 2.75) is 12.5 Å². The molecule has 3 nitrogen and oxygen atoms in total.